The van der Waals surface area contributed by atoms with E-state index in [1.807, 2.05) is 19.1 Å². The number of furan rings is 1. The summed E-state index contributed by atoms with van der Waals surface area (Å²) in [6.07, 6.45) is 0. The van der Waals surface area contributed by atoms with Crippen LogP contribution in [0.2, 0.25) is 0 Å². The highest BCUT2D eigenvalue weighted by molar-refractivity contribution is 7.89. The van der Waals surface area contributed by atoms with Crippen LogP contribution in [0.25, 0.3) is 10.6 Å². The maximum absolute atomic E-state index is 11.8. The summed E-state index contributed by atoms with van der Waals surface area (Å²) >= 11 is 1.28. The average Bonchev–Trinajstić information content (AvgIpc) is 2.95. The van der Waals surface area contributed by atoms with Crippen LogP contribution in [0, 0.1) is 6.92 Å². The van der Waals surface area contributed by atoms with E-state index >= 15 is 0 Å². The van der Waals surface area contributed by atoms with Crippen molar-refractivity contribution in [3.05, 3.63) is 34.9 Å². The molecule has 20 heavy (non-hydrogen) atoms. The summed E-state index contributed by atoms with van der Waals surface area (Å²) in [4.78, 5) is 13.1. The molecule has 2 rings (SSSR count). The second kappa shape index (κ2) is 5.78. The van der Waals surface area contributed by atoms with Crippen LogP contribution in [0.1, 0.15) is 15.4 Å². The summed E-state index contributed by atoms with van der Waals surface area (Å²) in [6.45, 7) is 1.84. The topological polar surface area (TPSA) is 102 Å². The van der Waals surface area contributed by atoms with Gasteiger partial charge in [0.05, 0.1) is 15.5 Å². The number of amides is 1. The summed E-state index contributed by atoms with van der Waals surface area (Å²) in [5.41, 5.74) is 0. The number of hydrogen-bond donors (Lipinski definition) is 2. The van der Waals surface area contributed by atoms with Gasteiger partial charge in [0.1, 0.15) is 11.5 Å². The Hall–Kier alpha value is -1.64. The lowest BCUT2D eigenvalue weighted by molar-refractivity contribution is 0.0960. The van der Waals surface area contributed by atoms with Crippen LogP contribution in [0.3, 0.4) is 0 Å². The summed E-state index contributed by atoms with van der Waals surface area (Å²) in [5.74, 6) is 0.894. The van der Waals surface area contributed by atoms with Gasteiger partial charge in [-0.25, -0.2) is 13.6 Å². The number of carbonyl (C=O) groups is 1. The number of nitrogens with one attached hydrogen (secondary N) is 1. The minimum absolute atomic E-state index is 0.00917. The van der Waals surface area contributed by atoms with Crippen molar-refractivity contribution >= 4 is 27.3 Å². The Morgan fingerprint density at radius 2 is 2.10 bits per heavy atom. The zero-order chi connectivity index (χ0) is 14.8. The molecule has 0 aliphatic rings. The van der Waals surface area contributed by atoms with Gasteiger partial charge in [-0.2, -0.15) is 0 Å². The lowest BCUT2D eigenvalue weighted by Gasteiger charge is -2.01. The number of hydrogen-bond acceptors (Lipinski definition) is 5. The summed E-state index contributed by atoms with van der Waals surface area (Å²) < 4.78 is 27.0. The molecule has 8 heteroatoms. The van der Waals surface area contributed by atoms with Gasteiger partial charge in [0.2, 0.25) is 10.0 Å². The molecule has 2 aromatic heterocycles. The molecule has 0 unspecified atom stereocenters. The Bertz CT molecular complexity index is 715. The molecule has 0 fully saturated rings. The molecule has 0 radical (unpaired) electrons. The molecule has 0 aliphatic heterocycles. The van der Waals surface area contributed by atoms with Crippen molar-refractivity contribution < 1.29 is 17.6 Å². The first-order chi connectivity index (χ1) is 9.35. The molecule has 0 saturated carbocycles. The van der Waals surface area contributed by atoms with Crippen LogP contribution in [0.5, 0.6) is 0 Å². The lowest BCUT2D eigenvalue weighted by atomic mass is 10.3. The fraction of sp³-hybridized carbons (Fsp3) is 0.250. The third-order valence-corrected chi connectivity index (χ3v) is 4.36. The largest absolute Gasteiger partial charge is 0.461 e. The maximum Gasteiger partial charge on any atom is 0.261 e. The zero-order valence-corrected chi connectivity index (χ0v) is 12.4. The van der Waals surface area contributed by atoms with Gasteiger partial charge in [0, 0.05) is 6.54 Å². The highest BCUT2D eigenvalue weighted by Crippen LogP contribution is 2.29. The van der Waals surface area contributed by atoms with E-state index in [1.54, 1.807) is 12.1 Å². The van der Waals surface area contributed by atoms with Crippen LogP contribution < -0.4 is 10.5 Å². The van der Waals surface area contributed by atoms with Crippen molar-refractivity contribution in [2.45, 2.75) is 6.92 Å². The number of carbonyl (C=O) groups excluding carboxylic acids is 1. The third-order valence-electron chi connectivity index (χ3n) is 2.49. The van der Waals surface area contributed by atoms with E-state index in [0.717, 1.165) is 10.6 Å². The van der Waals surface area contributed by atoms with Crippen molar-refractivity contribution in [1.82, 2.24) is 5.32 Å². The first-order valence-corrected chi connectivity index (χ1v) is 8.34. The van der Waals surface area contributed by atoms with Gasteiger partial charge < -0.3 is 9.73 Å². The summed E-state index contributed by atoms with van der Waals surface area (Å²) in [7, 11) is -3.56. The first kappa shape index (κ1) is 14.8. The molecular weight excluding hydrogens is 300 g/mol. The van der Waals surface area contributed by atoms with Gasteiger partial charge in [0.15, 0.2) is 0 Å². The number of rotatable bonds is 5. The van der Waals surface area contributed by atoms with Gasteiger partial charge in [-0.15, -0.1) is 11.3 Å². The van der Waals surface area contributed by atoms with E-state index in [1.165, 1.54) is 11.3 Å². The second-order valence-corrected chi connectivity index (χ2v) is 7.01. The normalized spacial score (nSPS) is 11.5. The average molecular weight is 314 g/mol. The van der Waals surface area contributed by atoms with E-state index in [2.05, 4.69) is 5.32 Å². The van der Waals surface area contributed by atoms with Crippen molar-refractivity contribution in [2.24, 2.45) is 5.14 Å². The van der Waals surface area contributed by atoms with Crippen LogP contribution in [-0.2, 0) is 10.0 Å². The van der Waals surface area contributed by atoms with Gasteiger partial charge in [-0.3, -0.25) is 4.79 Å². The van der Waals surface area contributed by atoms with E-state index in [4.69, 9.17) is 9.56 Å². The lowest BCUT2D eigenvalue weighted by Crippen LogP contribution is -2.31. The van der Waals surface area contributed by atoms with E-state index in [0.29, 0.717) is 10.6 Å². The van der Waals surface area contributed by atoms with Gasteiger partial charge in [0.25, 0.3) is 5.91 Å². The number of primary sulfonamides is 1. The highest BCUT2D eigenvalue weighted by atomic mass is 32.2. The van der Waals surface area contributed by atoms with Crippen LogP contribution in [-0.4, -0.2) is 26.6 Å². The van der Waals surface area contributed by atoms with Crippen molar-refractivity contribution in [3.63, 3.8) is 0 Å². The van der Waals surface area contributed by atoms with E-state index in [-0.39, 0.29) is 18.2 Å². The highest BCUT2D eigenvalue weighted by Gasteiger charge is 2.12. The molecule has 2 aromatic rings. The zero-order valence-electron chi connectivity index (χ0n) is 10.8. The standard InChI is InChI=1S/C12H14N2O4S2/c1-8-2-3-9(18-8)10-4-5-11(19-10)12(15)14-6-7-20(13,16)17/h2-5H,6-7H2,1H3,(H,14,15)(H2,13,16,17). The van der Waals surface area contributed by atoms with Gasteiger partial charge >= 0.3 is 0 Å². The Morgan fingerprint density at radius 3 is 2.70 bits per heavy atom. The number of nitrogens with two attached hydrogens (primary N) is 1. The fourth-order valence-corrected chi connectivity index (χ4v) is 2.82. The smallest absolute Gasteiger partial charge is 0.261 e. The number of thiophene rings is 1. The molecule has 6 nitrogen and oxygen atoms in total. The van der Waals surface area contributed by atoms with Gasteiger partial charge in [-0.1, -0.05) is 0 Å². The molecule has 108 valence electrons. The summed E-state index contributed by atoms with van der Waals surface area (Å²) in [6, 6.07) is 7.15. The summed E-state index contributed by atoms with van der Waals surface area (Å²) in [5, 5.41) is 7.36. The predicted molar refractivity (Wildman–Crippen MR) is 77.1 cm³/mol. The predicted octanol–water partition coefficient (Wildman–Crippen LogP) is 1.33. The SMILES string of the molecule is Cc1ccc(-c2ccc(C(=O)NCCS(N)(=O)=O)s2)o1. The van der Waals surface area contributed by atoms with E-state index < -0.39 is 10.0 Å². The molecule has 2 heterocycles. The van der Waals surface area contributed by atoms with Crippen LogP contribution in [0.4, 0.5) is 0 Å². The molecular formula is C12H14N2O4S2. The van der Waals surface area contributed by atoms with Crippen molar-refractivity contribution in [3.8, 4) is 10.6 Å². The Labute approximate surface area is 120 Å². The maximum atomic E-state index is 11.8. The monoisotopic (exact) mass is 314 g/mol. The van der Waals surface area contributed by atoms with Gasteiger partial charge in [-0.05, 0) is 31.2 Å². The second-order valence-electron chi connectivity index (χ2n) is 4.20. The minimum Gasteiger partial charge on any atom is -0.461 e. The molecule has 0 bridgehead atoms. The Balaban J connectivity index is 2.00. The van der Waals surface area contributed by atoms with Crippen LogP contribution in [0.15, 0.2) is 28.7 Å². The fourth-order valence-electron chi connectivity index (χ4n) is 1.55. The van der Waals surface area contributed by atoms with Crippen LogP contribution >= 0.6 is 11.3 Å². The minimum atomic E-state index is -3.56. The number of sulfonamides is 1. The molecule has 0 aromatic carbocycles. The molecule has 0 spiro atoms. The van der Waals surface area contributed by atoms with Crippen molar-refractivity contribution in [1.29, 1.82) is 0 Å². The molecule has 0 atom stereocenters. The molecule has 1 amide bonds. The Morgan fingerprint density at radius 1 is 1.35 bits per heavy atom. The van der Waals surface area contributed by atoms with E-state index in [9.17, 15) is 13.2 Å². The van der Waals surface area contributed by atoms with Crippen molar-refractivity contribution in [2.75, 3.05) is 12.3 Å². The molecule has 3 N–H and O–H groups in total. The molecule has 0 saturated heterocycles. The first-order valence-electron chi connectivity index (χ1n) is 5.80. The third kappa shape index (κ3) is 3.92. The quantitative estimate of drug-likeness (QED) is 0.869. The Kier molecular flexibility index (Phi) is 4.26. The molecule has 0 aliphatic carbocycles. The number of aryl methyl sites for hydroxylation is 1.